The van der Waals surface area contributed by atoms with Crippen molar-refractivity contribution in [3.05, 3.63) is 65.5 Å². The van der Waals surface area contributed by atoms with Crippen LogP contribution in [0.5, 0.6) is 0 Å². The number of anilines is 1. The molecular weight excluding hydrogens is 312 g/mol. The number of carbonyl (C=O) groups is 1. The van der Waals surface area contributed by atoms with Crippen molar-refractivity contribution >= 4 is 28.7 Å². The van der Waals surface area contributed by atoms with Crippen LogP contribution in [0.25, 0.3) is 17.0 Å². The molecule has 25 heavy (non-hydrogen) atoms. The average Bonchev–Trinajstić information content (AvgIpc) is 3.06. The number of rotatable bonds is 5. The molecule has 0 radical (unpaired) electrons. The molecule has 0 aliphatic heterocycles. The maximum Gasteiger partial charge on any atom is 0.247 e. The number of para-hydroxylation sites is 1. The fourth-order valence-electron chi connectivity index (χ4n) is 2.67. The third kappa shape index (κ3) is 3.88. The van der Waals surface area contributed by atoms with Crippen LogP contribution in [0.15, 0.2) is 54.2 Å². The number of pyridine rings is 1. The molecule has 3 rings (SSSR count). The maximum absolute atomic E-state index is 12.4. The van der Waals surface area contributed by atoms with Crippen LogP contribution < -0.4 is 10.6 Å². The van der Waals surface area contributed by atoms with Crippen molar-refractivity contribution < 1.29 is 4.79 Å². The molecule has 128 valence electrons. The summed E-state index contributed by atoms with van der Waals surface area (Å²) >= 11 is 0. The molecule has 1 atom stereocenters. The summed E-state index contributed by atoms with van der Waals surface area (Å²) in [6.45, 7) is 3.78. The highest BCUT2D eigenvalue weighted by Gasteiger charge is 2.13. The molecule has 0 saturated heterocycles. The Hall–Kier alpha value is -3.08. The number of amides is 1. The first kappa shape index (κ1) is 16.8. The van der Waals surface area contributed by atoms with Crippen molar-refractivity contribution in [3.8, 4) is 0 Å². The molecule has 0 aliphatic carbocycles. The van der Waals surface area contributed by atoms with Gasteiger partial charge in [0.05, 0.1) is 6.04 Å². The number of nitrogens with zero attached hydrogens (tertiary/aromatic N) is 1. The van der Waals surface area contributed by atoms with Gasteiger partial charge < -0.3 is 15.6 Å². The number of fused-ring (bicyclic) bond motifs is 1. The quantitative estimate of drug-likeness (QED) is 0.620. The first-order valence-electron chi connectivity index (χ1n) is 8.27. The summed E-state index contributed by atoms with van der Waals surface area (Å²) in [6.07, 6.45) is 3.57. The third-order valence-corrected chi connectivity index (χ3v) is 4.15. The predicted molar refractivity (Wildman–Crippen MR) is 102 cm³/mol. The van der Waals surface area contributed by atoms with Gasteiger partial charge in [0.15, 0.2) is 0 Å². The van der Waals surface area contributed by atoms with Crippen LogP contribution in [0.2, 0.25) is 0 Å². The summed E-state index contributed by atoms with van der Waals surface area (Å²) in [7, 11) is 1.82. The van der Waals surface area contributed by atoms with Crippen LogP contribution >= 0.6 is 0 Å². The fraction of sp³-hybridized carbons (Fsp3) is 0.200. The number of hydrogen-bond donors (Lipinski definition) is 3. The Kier molecular flexibility index (Phi) is 4.84. The summed E-state index contributed by atoms with van der Waals surface area (Å²) in [5.41, 5.74) is 3.59. The summed E-state index contributed by atoms with van der Waals surface area (Å²) in [4.78, 5) is 20.0. The largest absolute Gasteiger partial charge is 0.373 e. The average molecular weight is 334 g/mol. The van der Waals surface area contributed by atoms with Gasteiger partial charge in [-0.2, -0.15) is 0 Å². The standard InChI is InChI=1S/C20H22N4O/c1-13(10-15-8-9-19(21-3)22-12-15)20(25)23-14(2)18-11-16-6-4-5-7-17(16)24-18/h4-12,14,24H,1-3H3,(H,21,22)(H,23,25). The second-order valence-corrected chi connectivity index (χ2v) is 6.06. The summed E-state index contributed by atoms with van der Waals surface area (Å²) in [6, 6.07) is 13.8. The summed E-state index contributed by atoms with van der Waals surface area (Å²) in [5, 5.41) is 7.14. The highest BCUT2D eigenvalue weighted by molar-refractivity contribution is 5.97. The van der Waals surface area contributed by atoms with Crippen LogP contribution in [0.4, 0.5) is 5.82 Å². The van der Waals surface area contributed by atoms with Crippen molar-refractivity contribution in [1.82, 2.24) is 15.3 Å². The zero-order valence-corrected chi connectivity index (χ0v) is 14.6. The van der Waals surface area contributed by atoms with Gasteiger partial charge in [-0.15, -0.1) is 0 Å². The van der Waals surface area contributed by atoms with Gasteiger partial charge >= 0.3 is 0 Å². The van der Waals surface area contributed by atoms with E-state index in [2.05, 4.69) is 32.7 Å². The lowest BCUT2D eigenvalue weighted by molar-refractivity contribution is -0.118. The Morgan fingerprint density at radius 1 is 1.24 bits per heavy atom. The lowest BCUT2D eigenvalue weighted by atomic mass is 10.1. The molecule has 2 aromatic heterocycles. The third-order valence-electron chi connectivity index (χ3n) is 4.15. The Bertz CT molecular complexity index is 876. The van der Waals surface area contributed by atoms with Crippen molar-refractivity contribution in [1.29, 1.82) is 0 Å². The number of hydrogen-bond acceptors (Lipinski definition) is 3. The van der Waals surface area contributed by atoms with Crippen LogP contribution in [-0.2, 0) is 4.79 Å². The molecule has 0 saturated carbocycles. The smallest absolute Gasteiger partial charge is 0.247 e. The Balaban J connectivity index is 1.70. The van der Waals surface area contributed by atoms with E-state index in [0.717, 1.165) is 28.0 Å². The van der Waals surface area contributed by atoms with Gasteiger partial charge in [0.25, 0.3) is 0 Å². The van der Waals surface area contributed by atoms with E-state index in [9.17, 15) is 4.79 Å². The fourth-order valence-corrected chi connectivity index (χ4v) is 2.67. The van der Waals surface area contributed by atoms with Crippen molar-refractivity contribution in [2.24, 2.45) is 0 Å². The van der Waals surface area contributed by atoms with Gasteiger partial charge in [-0.25, -0.2) is 4.98 Å². The van der Waals surface area contributed by atoms with E-state index in [1.165, 1.54) is 0 Å². The number of H-pyrrole nitrogens is 1. The molecule has 1 aromatic carbocycles. The second kappa shape index (κ2) is 7.21. The Morgan fingerprint density at radius 3 is 2.72 bits per heavy atom. The van der Waals surface area contributed by atoms with Crippen LogP contribution in [-0.4, -0.2) is 22.9 Å². The molecule has 5 nitrogen and oxygen atoms in total. The van der Waals surface area contributed by atoms with Crippen molar-refractivity contribution in [2.75, 3.05) is 12.4 Å². The normalized spacial score (nSPS) is 12.8. The molecule has 0 spiro atoms. The van der Waals surface area contributed by atoms with Gasteiger partial charge in [-0.3, -0.25) is 4.79 Å². The minimum atomic E-state index is -0.104. The van der Waals surface area contributed by atoms with Gasteiger partial charge in [0.2, 0.25) is 5.91 Å². The molecule has 1 amide bonds. The van der Waals surface area contributed by atoms with Gasteiger partial charge in [-0.05, 0) is 55.1 Å². The predicted octanol–water partition coefficient (Wildman–Crippen LogP) is 3.89. The zero-order valence-electron chi connectivity index (χ0n) is 14.6. The van der Waals surface area contributed by atoms with E-state index >= 15 is 0 Å². The lowest BCUT2D eigenvalue weighted by Gasteiger charge is -2.13. The summed E-state index contributed by atoms with van der Waals surface area (Å²) < 4.78 is 0. The van der Waals surface area contributed by atoms with Gasteiger partial charge in [0.1, 0.15) is 5.82 Å². The number of aromatic amines is 1. The maximum atomic E-state index is 12.4. The molecule has 0 fully saturated rings. The number of benzene rings is 1. The first-order chi connectivity index (χ1) is 12.1. The van der Waals surface area contributed by atoms with Crippen LogP contribution in [0, 0.1) is 0 Å². The van der Waals surface area contributed by atoms with Gasteiger partial charge in [-0.1, -0.05) is 18.2 Å². The number of carbonyl (C=O) groups excluding carboxylic acids is 1. The lowest BCUT2D eigenvalue weighted by Crippen LogP contribution is -2.27. The SMILES string of the molecule is CNc1ccc(C=C(C)C(=O)NC(C)c2cc3ccccc3[nH]2)cn1. The van der Waals surface area contributed by atoms with E-state index in [-0.39, 0.29) is 11.9 Å². The second-order valence-electron chi connectivity index (χ2n) is 6.06. The molecular formula is C20H22N4O. The topological polar surface area (TPSA) is 69.8 Å². The van der Waals surface area contributed by atoms with Gasteiger partial charge in [0, 0.05) is 30.0 Å². The summed E-state index contributed by atoms with van der Waals surface area (Å²) in [5.74, 6) is 0.704. The Labute approximate surface area is 147 Å². The highest BCUT2D eigenvalue weighted by Crippen LogP contribution is 2.20. The highest BCUT2D eigenvalue weighted by atomic mass is 16.1. The molecule has 0 bridgehead atoms. The van der Waals surface area contributed by atoms with Crippen molar-refractivity contribution in [3.63, 3.8) is 0 Å². The van der Waals surface area contributed by atoms with E-state index in [4.69, 9.17) is 0 Å². The Morgan fingerprint density at radius 2 is 2.04 bits per heavy atom. The van der Waals surface area contributed by atoms with Crippen LogP contribution in [0.1, 0.15) is 31.1 Å². The molecule has 3 aromatic rings. The van der Waals surface area contributed by atoms with Crippen LogP contribution in [0.3, 0.4) is 0 Å². The molecule has 0 aliphatic rings. The minimum Gasteiger partial charge on any atom is -0.373 e. The minimum absolute atomic E-state index is 0.0937. The number of nitrogens with one attached hydrogen (secondary N) is 3. The van der Waals surface area contributed by atoms with E-state index < -0.39 is 0 Å². The molecule has 1 unspecified atom stereocenters. The molecule has 2 heterocycles. The van der Waals surface area contributed by atoms with E-state index in [0.29, 0.717) is 5.57 Å². The zero-order chi connectivity index (χ0) is 17.8. The first-order valence-corrected chi connectivity index (χ1v) is 8.27. The molecule has 3 N–H and O–H groups in total. The van der Waals surface area contributed by atoms with E-state index in [1.54, 1.807) is 13.1 Å². The number of aromatic nitrogens is 2. The van der Waals surface area contributed by atoms with Crippen molar-refractivity contribution in [2.45, 2.75) is 19.9 Å². The monoisotopic (exact) mass is 334 g/mol. The van der Waals surface area contributed by atoms with E-state index in [1.807, 2.05) is 50.4 Å². The molecule has 5 heteroatoms.